The van der Waals surface area contributed by atoms with Crippen molar-refractivity contribution in [1.29, 1.82) is 0 Å². The van der Waals surface area contributed by atoms with Crippen molar-refractivity contribution in [2.45, 2.75) is 12.5 Å². The molecular weight excluding hydrogens is 202 g/mol. The topological polar surface area (TPSA) is 49.3 Å². The quantitative estimate of drug-likeness (QED) is 0.806. The molecule has 3 nitrogen and oxygen atoms in total. The molecule has 1 aromatic carbocycles. The van der Waals surface area contributed by atoms with Crippen LogP contribution < -0.4 is 5.32 Å². The lowest BCUT2D eigenvalue weighted by molar-refractivity contribution is -0.138. The summed E-state index contributed by atoms with van der Waals surface area (Å²) in [5.41, 5.74) is 0.881. The number of halogens is 1. The van der Waals surface area contributed by atoms with Crippen molar-refractivity contribution >= 4 is 23.3 Å². The zero-order chi connectivity index (χ0) is 10.1. The molecule has 0 aliphatic heterocycles. The predicted molar refractivity (Wildman–Crippen MR) is 54.6 cm³/mol. The van der Waals surface area contributed by atoms with Crippen molar-refractivity contribution < 1.29 is 9.90 Å². The van der Waals surface area contributed by atoms with E-state index in [1.807, 2.05) is 12.1 Å². The molecular formula is C10H10ClNO2. The molecule has 14 heavy (non-hydrogen) atoms. The van der Waals surface area contributed by atoms with Crippen LogP contribution in [0.2, 0.25) is 5.02 Å². The second-order valence-electron chi connectivity index (χ2n) is 3.44. The highest BCUT2D eigenvalue weighted by atomic mass is 35.5. The van der Waals surface area contributed by atoms with Gasteiger partial charge in [-0.1, -0.05) is 17.7 Å². The minimum Gasteiger partial charge on any atom is -0.481 e. The number of hydrogen-bond acceptors (Lipinski definition) is 2. The zero-order valence-electron chi connectivity index (χ0n) is 7.40. The van der Waals surface area contributed by atoms with Gasteiger partial charge < -0.3 is 10.4 Å². The predicted octanol–water partition coefficient (Wildman–Crippen LogP) is 2.23. The molecule has 0 amide bonds. The van der Waals surface area contributed by atoms with Gasteiger partial charge in [0.1, 0.15) is 0 Å². The average Bonchev–Trinajstić information content (AvgIpc) is 2.84. The summed E-state index contributed by atoms with van der Waals surface area (Å²) < 4.78 is 0. The number of carbonyl (C=O) groups is 1. The van der Waals surface area contributed by atoms with Crippen LogP contribution >= 0.6 is 11.6 Å². The maximum Gasteiger partial charge on any atom is 0.308 e. The molecule has 1 saturated carbocycles. The molecule has 0 radical (unpaired) electrons. The van der Waals surface area contributed by atoms with Gasteiger partial charge >= 0.3 is 5.97 Å². The lowest BCUT2D eigenvalue weighted by Gasteiger charge is -2.04. The van der Waals surface area contributed by atoms with Gasteiger partial charge in [0.2, 0.25) is 0 Å². The fourth-order valence-electron chi connectivity index (χ4n) is 1.42. The molecule has 4 heteroatoms. The SMILES string of the molecule is O=C(O)C1CC1Nc1cccc(Cl)c1. The van der Waals surface area contributed by atoms with Crippen LogP contribution in [0, 0.1) is 5.92 Å². The monoisotopic (exact) mass is 211 g/mol. The fraction of sp³-hybridized carbons (Fsp3) is 0.300. The zero-order valence-corrected chi connectivity index (χ0v) is 8.16. The maximum absolute atomic E-state index is 10.6. The van der Waals surface area contributed by atoms with Gasteiger partial charge in [-0.05, 0) is 24.6 Å². The van der Waals surface area contributed by atoms with Gasteiger partial charge in [0.15, 0.2) is 0 Å². The van der Waals surface area contributed by atoms with Gasteiger partial charge in [-0.2, -0.15) is 0 Å². The van der Waals surface area contributed by atoms with E-state index in [-0.39, 0.29) is 12.0 Å². The van der Waals surface area contributed by atoms with Gasteiger partial charge in [-0.25, -0.2) is 0 Å². The molecule has 1 aromatic rings. The van der Waals surface area contributed by atoms with E-state index in [1.54, 1.807) is 12.1 Å². The standard InChI is InChI=1S/C10H10ClNO2/c11-6-2-1-3-7(4-6)12-9-5-8(9)10(13)14/h1-4,8-9,12H,5H2,(H,13,14). The molecule has 2 N–H and O–H groups in total. The van der Waals surface area contributed by atoms with E-state index in [2.05, 4.69) is 5.32 Å². The van der Waals surface area contributed by atoms with Crippen molar-refractivity contribution in [3.63, 3.8) is 0 Å². The van der Waals surface area contributed by atoms with Crippen molar-refractivity contribution in [3.05, 3.63) is 29.3 Å². The Morgan fingerprint density at radius 1 is 1.57 bits per heavy atom. The first-order valence-electron chi connectivity index (χ1n) is 4.42. The summed E-state index contributed by atoms with van der Waals surface area (Å²) >= 11 is 5.79. The molecule has 0 aromatic heterocycles. The van der Waals surface area contributed by atoms with Crippen molar-refractivity contribution in [2.24, 2.45) is 5.92 Å². The van der Waals surface area contributed by atoms with Gasteiger partial charge in [-0.3, -0.25) is 4.79 Å². The number of rotatable bonds is 3. The fourth-order valence-corrected chi connectivity index (χ4v) is 1.61. The molecule has 2 unspecified atom stereocenters. The molecule has 0 heterocycles. The summed E-state index contributed by atoms with van der Waals surface area (Å²) in [6, 6.07) is 7.35. The van der Waals surface area contributed by atoms with Gasteiger partial charge in [0, 0.05) is 16.8 Å². The lowest BCUT2D eigenvalue weighted by Crippen LogP contribution is -2.09. The van der Waals surface area contributed by atoms with Crippen molar-refractivity contribution in [1.82, 2.24) is 0 Å². The van der Waals surface area contributed by atoms with Crippen LogP contribution in [0.15, 0.2) is 24.3 Å². The Kier molecular flexibility index (Phi) is 2.33. The normalized spacial score (nSPS) is 24.4. The van der Waals surface area contributed by atoms with Crippen LogP contribution in [0.1, 0.15) is 6.42 Å². The van der Waals surface area contributed by atoms with Gasteiger partial charge in [0.25, 0.3) is 0 Å². The highest BCUT2D eigenvalue weighted by molar-refractivity contribution is 6.30. The van der Waals surface area contributed by atoms with E-state index in [4.69, 9.17) is 16.7 Å². The third-order valence-corrected chi connectivity index (χ3v) is 2.52. The van der Waals surface area contributed by atoms with Crippen LogP contribution in [-0.2, 0) is 4.79 Å². The smallest absolute Gasteiger partial charge is 0.308 e. The van der Waals surface area contributed by atoms with E-state index >= 15 is 0 Å². The van der Waals surface area contributed by atoms with Crippen LogP contribution in [-0.4, -0.2) is 17.1 Å². The summed E-state index contributed by atoms with van der Waals surface area (Å²) in [7, 11) is 0. The molecule has 1 aliphatic carbocycles. The number of aliphatic carboxylic acids is 1. The van der Waals surface area contributed by atoms with E-state index in [0.717, 1.165) is 5.69 Å². The van der Waals surface area contributed by atoms with Gasteiger partial charge in [-0.15, -0.1) is 0 Å². The third kappa shape index (κ3) is 1.99. The number of carboxylic acid groups (broad SMARTS) is 1. The van der Waals surface area contributed by atoms with Crippen LogP contribution in [0.5, 0.6) is 0 Å². The van der Waals surface area contributed by atoms with E-state index < -0.39 is 5.97 Å². The Bertz CT molecular complexity index is 367. The van der Waals surface area contributed by atoms with E-state index in [0.29, 0.717) is 11.4 Å². The highest BCUT2D eigenvalue weighted by Gasteiger charge is 2.43. The number of hydrogen-bond donors (Lipinski definition) is 2. The number of nitrogens with one attached hydrogen (secondary N) is 1. The molecule has 74 valence electrons. The van der Waals surface area contributed by atoms with Crippen molar-refractivity contribution in [2.75, 3.05) is 5.32 Å². The molecule has 0 saturated heterocycles. The highest BCUT2D eigenvalue weighted by Crippen LogP contribution is 2.34. The van der Waals surface area contributed by atoms with Crippen LogP contribution in [0.3, 0.4) is 0 Å². The first-order valence-corrected chi connectivity index (χ1v) is 4.79. The Hall–Kier alpha value is -1.22. The van der Waals surface area contributed by atoms with E-state index in [9.17, 15) is 4.79 Å². The summed E-state index contributed by atoms with van der Waals surface area (Å²) in [6.45, 7) is 0. The molecule has 2 rings (SSSR count). The second kappa shape index (κ2) is 3.50. The first kappa shape index (κ1) is 9.34. The third-order valence-electron chi connectivity index (χ3n) is 2.28. The summed E-state index contributed by atoms with van der Waals surface area (Å²) in [5.74, 6) is -0.974. The molecule has 2 atom stereocenters. The number of carboxylic acids is 1. The molecule has 0 spiro atoms. The Morgan fingerprint density at radius 2 is 2.36 bits per heavy atom. The Balaban J connectivity index is 1.97. The van der Waals surface area contributed by atoms with Gasteiger partial charge in [0.05, 0.1) is 5.92 Å². The second-order valence-corrected chi connectivity index (χ2v) is 3.88. The molecule has 0 bridgehead atoms. The molecule has 1 fully saturated rings. The summed E-state index contributed by atoms with van der Waals surface area (Å²) in [4.78, 5) is 10.6. The van der Waals surface area contributed by atoms with Crippen molar-refractivity contribution in [3.8, 4) is 0 Å². The van der Waals surface area contributed by atoms with E-state index in [1.165, 1.54) is 0 Å². The molecule has 1 aliphatic rings. The minimum absolute atomic E-state index is 0.0611. The number of benzene rings is 1. The first-order chi connectivity index (χ1) is 6.66. The summed E-state index contributed by atoms with van der Waals surface area (Å²) in [5, 5.41) is 12.5. The lowest BCUT2D eigenvalue weighted by atomic mass is 10.3. The van der Waals surface area contributed by atoms with Crippen LogP contribution in [0.4, 0.5) is 5.69 Å². The average molecular weight is 212 g/mol. The Labute approximate surface area is 86.7 Å². The largest absolute Gasteiger partial charge is 0.481 e. The Morgan fingerprint density at radius 3 is 2.93 bits per heavy atom. The minimum atomic E-state index is -0.732. The summed E-state index contributed by atoms with van der Waals surface area (Å²) in [6.07, 6.45) is 0.696. The number of anilines is 1. The van der Waals surface area contributed by atoms with Crippen LogP contribution in [0.25, 0.3) is 0 Å². The maximum atomic E-state index is 10.6.